The molecule has 2 atom stereocenters. The van der Waals surface area contributed by atoms with E-state index in [0.29, 0.717) is 23.0 Å². The van der Waals surface area contributed by atoms with Crippen molar-refractivity contribution in [1.82, 2.24) is 0 Å². The molecule has 0 saturated heterocycles. The van der Waals surface area contributed by atoms with Gasteiger partial charge < -0.3 is 30.4 Å². The van der Waals surface area contributed by atoms with Crippen molar-refractivity contribution < 1.29 is 18.9 Å². The second-order valence-electron chi connectivity index (χ2n) is 5.34. The van der Waals surface area contributed by atoms with E-state index in [1.54, 1.807) is 40.6 Å². The Morgan fingerprint density at radius 3 is 0.962 bits per heavy atom. The molecule has 0 bridgehead atoms. The minimum Gasteiger partial charge on any atom is -0.497 e. The van der Waals surface area contributed by atoms with Gasteiger partial charge in [0.1, 0.15) is 23.0 Å². The normalized spacial score (nSPS) is 12.1. The van der Waals surface area contributed by atoms with E-state index >= 15 is 0 Å². The quantitative estimate of drug-likeness (QED) is 0.735. The Hall–Kier alpha value is -1.86. The summed E-state index contributed by atoms with van der Waals surface area (Å²) in [4.78, 5) is 0. The molecule has 0 unspecified atom stereocenters. The van der Waals surface area contributed by atoms with Crippen LogP contribution in [0.2, 0.25) is 0 Å². The van der Waals surface area contributed by atoms with Crippen molar-refractivity contribution in [3.63, 3.8) is 0 Å². The number of hydrogen-bond acceptors (Lipinski definition) is 6. The molecule has 2 rings (SSSR count). The third kappa shape index (κ3) is 5.57. The van der Waals surface area contributed by atoms with Crippen LogP contribution in [0.15, 0.2) is 36.4 Å². The van der Waals surface area contributed by atoms with Gasteiger partial charge in [0.05, 0.1) is 28.4 Å². The Labute approximate surface area is 166 Å². The third-order valence-corrected chi connectivity index (χ3v) is 3.90. The molecule has 0 amide bonds. The van der Waals surface area contributed by atoms with Crippen molar-refractivity contribution in [1.29, 1.82) is 0 Å². The van der Waals surface area contributed by atoms with Crippen molar-refractivity contribution in [2.75, 3.05) is 28.4 Å². The zero-order valence-electron chi connectivity index (χ0n) is 15.2. The zero-order chi connectivity index (χ0) is 17.7. The summed E-state index contributed by atoms with van der Waals surface area (Å²) < 4.78 is 21.2. The lowest BCUT2D eigenvalue weighted by molar-refractivity contribution is 0.389. The number of nitrogens with two attached hydrogens (primary N) is 2. The van der Waals surface area contributed by atoms with E-state index in [-0.39, 0.29) is 24.8 Å². The van der Waals surface area contributed by atoms with Crippen molar-refractivity contribution in [3.8, 4) is 23.0 Å². The molecule has 6 nitrogen and oxygen atoms in total. The summed E-state index contributed by atoms with van der Waals surface area (Å²) in [6.45, 7) is 0. The van der Waals surface area contributed by atoms with E-state index in [1.165, 1.54) is 0 Å². The minimum atomic E-state index is -0.453. The first-order valence-electron chi connectivity index (χ1n) is 7.49. The molecule has 0 radical (unpaired) electrons. The SMILES string of the molecule is COc1cc(OC)cc([C@@H](N)[C@H](N)c2cc(OC)cc(OC)c2)c1.Cl.Cl. The average molecular weight is 405 g/mol. The molecule has 26 heavy (non-hydrogen) atoms. The standard InChI is InChI=1S/C18H24N2O4.2ClH/c1-21-13-5-11(6-14(9-13)22-2)17(19)18(20)12-7-15(23-3)10-16(8-12)24-4;;/h5-10,17-18H,19-20H2,1-4H3;2*1H/t17-,18-;;/m1../s1. The van der Waals surface area contributed by atoms with Crippen LogP contribution in [0.4, 0.5) is 0 Å². The second kappa shape index (κ2) is 11.0. The summed E-state index contributed by atoms with van der Waals surface area (Å²) in [6, 6.07) is 10.1. The van der Waals surface area contributed by atoms with Gasteiger partial charge in [-0.05, 0) is 35.4 Å². The predicted molar refractivity (Wildman–Crippen MR) is 107 cm³/mol. The number of halogens is 2. The van der Waals surface area contributed by atoms with Gasteiger partial charge in [-0.2, -0.15) is 0 Å². The second-order valence-corrected chi connectivity index (χ2v) is 5.34. The largest absolute Gasteiger partial charge is 0.497 e. The van der Waals surface area contributed by atoms with Gasteiger partial charge in [0.15, 0.2) is 0 Å². The van der Waals surface area contributed by atoms with Crippen LogP contribution in [0.1, 0.15) is 23.2 Å². The van der Waals surface area contributed by atoms with Crippen LogP contribution in [0.5, 0.6) is 23.0 Å². The molecule has 0 spiro atoms. The highest BCUT2D eigenvalue weighted by molar-refractivity contribution is 5.85. The minimum absolute atomic E-state index is 0. The number of methoxy groups -OCH3 is 4. The molecule has 2 aromatic carbocycles. The molecule has 0 saturated carbocycles. The maximum Gasteiger partial charge on any atom is 0.122 e. The van der Waals surface area contributed by atoms with Gasteiger partial charge in [0.25, 0.3) is 0 Å². The lowest BCUT2D eigenvalue weighted by Crippen LogP contribution is -2.26. The van der Waals surface area contributed by atoms with Crippen LogP contribution in [-0.2, 0) is 0 Å². The zero-order valence-corrected chi connectivity index (χ0v) is 16.9. The molecule has 0 aliphatic carbocycles. The first-order chi connectivity index (χ1) is 11.5. The Balaban J connectivity index is 0.00000312. The maximum atomic E-state index is 6.38. The third-order valence-electron chi connectivity index (χ3n) is 3.90. The monoisotopic (exact) mass is 404 g/mol. The van der Waals surface area contributed by atoms with Gasteiger partial charge in [-0.15, -0.1) is 24.8 Å². The summed E-state index contributed by atoms with van der Waals surface area (Å²) >= 11 is 0. The van der Waals surface area contributed by atoms with Crippen molar-refractivity contribution in [2.45, 2.75) is 12.1 Å². The summed E-state index contributed by atoms with van der Waals surface area (Å²) in [5.74, 6) is 2.65. The van der Waals surface area contributed by atoms with Crippen LogP contribution in [0.3, 0.4) is 0 Å². The molecule has 0 heterocycles. The Bertz CT molecular complexity index is 597. The molecule has 0 aliphatic heterocycles. The molecule has 4 N–H and O–H groups in total. The van der Waals surface area contributed by atoms with Crippen molar-refractivity contribution >= 4 is 24.8 Å². The van der Waals surface area contributed by atoms with E-state index in [2.05, 4.69) is 0 Å². The topological polar surface area (TPSA) is 89.0 Å². The molecule has 8 heteroatoms. The number of hydrogen-bond donors (Lipinski definition) is 2. The Morgan fingerprint density at radius 1 is 0.538 bits per heavy atom. The fourth-order valence-corrected chi connectivity index (χ4v) is 2.46. The van der Waals surface area contributed by atoms with E-state index in [1.807, 2.05) is 24.3 Å². The van der Waals surface area contributed by atoms with Crippen LogP contribution in [0, 0.1) is 0 Å². The van der Waals surface area contributed by atoms with Crippen LogP contribution < -0.4 is 30.4 Å². The molecule has 0 fully saturated rings. The van der Waals surface area contributed by atoms with Gasteiger partial charge in [-0.25, -0.2) is 0 Å². The smallest absolute Gasteiger partial charge is 0.122 e. The fourth-order valence-electron chi connectivity index (χ4n) is 2.46. The van der Waals surface area contributed by atoms with Gasteiger partial charge in [-0.3, -0.25) is 0 Å². The molecule has 0 aromatic heterocycles. The first kappa shape index (κ1) is 24.1. The van der Waals surface area contributed by atoms with E-state index < -0.39 is 12.1 Å². The molecular weight excluding hydrogens is 379 g/mol. The van der Waals surface area contributed by atoms with Crippen molar-refractivity contribution in [2.24, 2.45) is 11.5 Å². The van der Waals surface area contributed by atoms with Gasteiger partial charge in [0.2, 0.25) is 0 Å². The van der Waals surface area contributed by atoms with Gasteiger partial charge in [0, 0.05) is 24.2 Å². The molecule has 146 valence electrons. The van der Waals surface area contributed by atoms with Gasteiger partial charge in [-0.1, -0.05) is 0 Å². The Kier molecular flexibility index (Phi) is 10.2. The summed E-state index contributed by atoms with van der Waals surface area (Å²) in [7, 11) is 6.38. The highest BCUT2D eigenvalue weighted by Crippen LogP contribution is 2.33. The molecule has 2 aromatic rings. The Morgan fingerprint density at radius 2 is 0.769 bits per heavy atom. The number of rotatable bonds is 7. The average Bonchev–Trinajstić information content (AvgIpc) is 2.65. The summed E-state index contributed by atoms with van der Waals surface area (Å²) in [5.41, 5.74) is 14.4. The van der Waals surface area contributed by atoms with E-state index in [4.69, 9.17) is 30.4 Å². The fraction of sp³-hybridized carbons (Fsp3) is 0.333. The molecule has 0 aliphatic rings. The molecular formula is C18H26Cl2N2O4. The lowest BCUT2D eigenvalue weighted by atomic mass is 9.94. The predicted octanol–water partition coefficient (Wildman–Crippen LogP) is 3.26. The maximum absolute atomic E-state index is 6.38. The van der Waals surface area contributed by atoms with Crippen LogP contribution in [-0.4, -0.2) is 28.4 Å². The summed E-state index contributed by atoms with van der Waals surface area (Å²) in [5, 5.41) is 0. The first-order valence-corrected chi connectivity index (χ1v) is 7.49. The number of benzene rings is 2. The summed E-state index contributed by atoms with van der Waals surface area (Å²) in [6.07, 6.45) is 0. The van der Waals surface area contributed by atoms with Crippen LogP contribution in [0.25, 0.3) is 0 Å². The van der Waals surface area contributed by atoms with E-state index in [0.717, 1.165) is 11.1 Å². The van der Waals surface area contributed by atoms with Gasteiger partial charge >= 0.3 is 0 Å². The van der Waals surface area contributed by atoms with Crippen molar-refractivity contribution in [3.05, 3.63) is 47.5 Å². The van der Waals surface area contributed by atoms with E-state index in [9.17, 15) is 0 Å². The van der Waals surface area contributed by atoms with Crippen LogP contribution >= 0.6 is 24.8 Å². The highest BCUT2D eigenvalue weighted by atomic mass is 35.5. The highest BCUT2D eigenvalue weighted by Gasteiger charge is 2.20. The lowest BCUT2D eigenvalue weighted by Gasteiger charge is -2.22. The number of ether oxygens (including phenoxy) is 4.